The first kappa shape index (κ1) is 18.9. The molecule has 5 heteroatoms. The Morgan fingerprint density at radius 1 is 1.08 bits per heavy atom. The van der Waals surface area contributed by atoms with Crippen molar-refractivity contribution in [2.45, 2.75) is 45.2 Å². The van der Waals surface area contributed by atoms with Crippen molar-refractivity contribution in [1.82, 2.24) is 14.7 Å². The Bertz CT molecular complexity index is 631. The second-order valence-corrected chi connectivity index (χ2v) is 8.03. The number of fused-ring (bicyclic) bond motifs is 1. The zero-order valence-electron chi connectivity index (χ0n) is 16.2. The molecule has 2 saturated heterocycles. The number of nitrogens with zero attached hydrogens (tertiary/aromatic N) is 3. The maximum absolute atomic E-state index is 12.9. The lowest BCUT2D eigenvalue weighted by molar-refractivity contribution is -0.164. The number of amides is 2. The van der Waals surface area contributed by atoms with E-state index < -0.39 is 0 Å². The van der Waals surface area contributed by atoms with E-state index in [0.29, 0.717) is 19.0 Å². The number of carbonyl (C=O) groups excluding carboxylic acids is 2. The summed E-state index contributed by atoms with van der Waals surface area (Å²) < 4.78 is 0. The van der Waals surface area contributed by atoms with Crippen molar-refractivity contribution >= 4 is 11.8 Å². The summed E-state index contributed by atoms with van der Waals surface area (Å²) in [5.41, 5.74) is 1.35. The molecule has 2 amide bonds. The van der Waals surface area contributed by atoms with Crippen LogP contribution in [0.3, 0.4) is 0 Å². The lowest BCUT2D eigenvalue weighted by atomic mass is 9.95. The van der Waals surface area contributed by atoms with E-state index in [-0.39, 0.29) is 23.9 Å². The number of aryl methyl sites for hydroxylation is 1. The summed E-state index contributed by atoms with van der Waals surface area (Å²) in [5.74, 6) is 0.632. The molecule has 0 aromatic heterocycles. The first-order valence-corrected chi connectivity index (χ1v) is 9.81. The van der Waals surface area contributed by atoms with Gasteiger partial charge in [0, 0.05) is 26.7 Å². The van der Waals surface area contributed by atoms with Crippen LogP contribution >= 0.6 is 0 Å². The molecule has 1 aromatic rings. The van der Waals surface area contributed by atoms with Gasteiger partial charge in [0.05, 0.1) is 0 Å². The van der Waals surface area contributed by atoms with Crippen molar-refractivity contribution in [1.29, 1.82) is 0 Å². The molecule has 0 unspecified atom stereocenters. The highest BCUT2D eigenvalue weighted by molar-refractivity contribution is 5.97. The van der Waals surface area contributed by atoms with Crippen molar-refractivity contribution < 1.29 is 9.59 Å². The van der Waals surface area contributed by atoms with E-state index in [1.807, 2.05) is 11.0 Å². The Morgan fingerprint density at radius 3 is 2.50 bits per heavy atom. The Morgan fingerprint density at radius 2 is 1.81 bits per heavy atom. The normalized spacial score (nSPS) is 24.3. The molecule has 142 valence electrons. The largest absolute Gasteiger partial charge is 0.332 e. The number of likely N-dealkylation sites (N-methyl/N-ethyl adjacent to an activating group) is 1. The molecule has 0 aliphatic carbocycles. The van der Waals surface area contributed by atoms with E-state index in [4.69, 9.17) is 0 Å². The number of hydrogen-bond donors (Lipinski definition) is 0. The van der Waals surface area contributed by atoms with E-state index in [1.54, 1.807) is 11.9 Å². The van der Waals surface area contributed by atoms with Crippen LogP contribution in [0, 0.1) is 5.92 Å². The fourth-order valence-corrected chi connectivity index (χ4v) is 4.12. The SMILES string of the molecule is CC(C)C[C@H]1C(=O)N2CCN(CCCc3ccccc3)C[C@@H]2C(=O)N1C. The highest BCUT2D eigenvalue weighted by Crippen LogP contribution is 2.24. The molecule has 0 N–H and O–H groups in total. The van der Waals surface area contributed by atoms with Crippen molar-refractivity contribution in [2.24, 2.45) is 5.92 Å². The summed E-state index contributed by atoms with van der Waals surface area (Å²) in [6, 6.07) is 9.91. The number of benzene rings is 1. The fraction of sp³-hybridized carbons (Fsp3) is 0.619. The van der Waals surface area contributed by atoms with Gasteiger partial charge in [-0.05, 0) is 37.3 Å². The van der Waals surface area contributed by atoms with E-state index in [2.05, 4.69) is 43.0 Å². The molecule has 2 aliphatic rings. The summed E-state index contributed by atoms with van der Waals surface area (Å²) in [5, 5.41) is 0. The Hall–Kier alpha value is -1.88. The molecular formula is C21H31N3O2. The molecule has 0 radical (unpaired) electrons. The Kier molecular flexibility index (Phi) is 5.97. The molecular weight excluding hydrogens is 326 g/mol. The molecule has 3 rings (SSSR count). The third kappa shape index (κ3) is 4.09. The van der Waals surface area contributed by atoms with Crippen LogP contribution in [-0.2, 0) is 16.0 Å². The Labute approximate surface area is 156 Å². The molecule has 0 saturated carbocycles. The second kappa shape index (κ2) is 8.21. The van der Waals surface area contributed by atoms with Crippen LogP contribution in [0.15, 0.2) is 30.3 Å². The van der Waals surface area contributed by atoms with Crippen LogP contribution in [0.1, 0.15) is 32.3 Å². The summed E-state index contributed by atoms with van der Waals surface area (Å²) in [4.78, 5) is 31.6. The summed E-state index contributed by atoms with van der Waals surface area (Å²) in [6.07, 6.45) is 2.87. The van der Waals surface area contributed by atoms with E-state index in [1.165, 1.54) is 5.56 Å². The van der Waals surface area contributed by atoms with Crippen LogP contribution in [0.25, 0.3) is 0 Å². The molecule has 0 bridgehead atoms. The second-order valence-electron chi connectivity index (χ2n) is 8.03. The number of piperazine rings is 2. The van der Waals surface area contributed by atoms with E-state index >= 15 is 0 Å². The van der Waals surface area contributed by atoms with Crippen LogP contribution < -0.4 is 0 Å². The van der Waals surface area contributed by atoms with Gasteiger partial charge < -0.3 is 9.80 Å². The summed E-state index contributed by atoms with van der Waals surface area (Å²) >= 11 is 0. The van der Waals surface area contributed by atoms with Crippen LogP contribution in [-0.4, -0.2) is 71.8 Å². The van der Waals surface area contributed by atoms with Gasteiger partial charge in [-0.25, -0.2) is 0 Å². The van der Waals surface area contributed by atoms with Crippen LogP contribution in [0.2, 0.25) is 0 Å². The Balaban J connectivity index is 1.56. The maximum atomic E-state index is 12.9. The van der Waals surface area contributed by atoms with Crippen molar-refractivity contribution in [3.05, 3.63) is 35.9 Å². The average molecular weight is 357 g/mol. The molecule has 2 fully saturated rings. The minimum absolute atomic E-state index is 0.100. The number of rotatable bonds is 6. The predicted octanol–water partition coefficient (Wildman–Crippen LogP) is 2.02. The zero-order chi connectivity index (χ0) is 18.7. The van der Waals surface area contributed by atoms with Crippen LogP contribution in [0.4, 0.5) is 0 Å². The average Bonchev–Trinajstić information content (AvgIpc) is 2.64. The summed E-state index contributed by atoms with van der Waals surface area (Å²) in [6.45, 7) is 7.37. The molecule has 2 aliphatic heterocycles. The topological polar surface area (TPSA) is 43.9 Å². The molecule has 26 heavy (non-hydrogen) atoms. The number of hydrogen-bond acceptors (Lipinski definition) is 3. The van der Waals surface area contributed by atoms with E-state index in [9.17, 15) is 9.59 Å². The van der Waals surface area contributed by atoms with Crippen molar-refractivity contribution in [2.75, 3.05) is 33.2 Å². The van der Waals surface area contributed by atoms with Gasteiger partial charge in [0.25, 0.3) is 0 Å². The number of carbonyl (C=O) groups is 2. The quantitative estimate of drug-likeness (QED) is 0.782. The monoisotopic (exact) mass is 357 g/mol. The van der Waals surface area contributed by atoms with Gasteiger partial charge in [0.2, 0.25) is 11.8 Å². The van der Waals surface area contributed by atoms with E-state index in [0.717, 1.165) is 32.4 Å². The molecule has 2 heterocycles. The maximum Gasteiger partial charge on any atom is 0.247 e. The highest BCUT2D eigenvalue weighted by atomic mass is 16.2. The van der Waals surface area contributed by atoms with Crippen molar-refractivity contribution in [3.8, 4) is 0 Å². The van der Waals surface area contributed by atoms with Gasteiger partial charge in [-0.15, -0.1) is 0 Å². The van der Waals surface area contributed by atoms with Crippen LogP contribution in [0.5, 0.6) is 0 Å². The smallest absolute Gasteiger partial charge is 0.247 e. The van der Waals surface area contributed by atoms with Gasteiger partial charge in [-0.3, -0.25) is 14.5 Å². The van der Waals surface area contributed by atoms with Gasteiger partial charge in [-0.2, -0.15) is 0 Å². The molecule has 2 atom stereocenters. The highest BCUT2D eigenvalue weighted by Gasteiger charge is 2.46. The van der Waals surface area contributed by atoms with Gasteiger partial charge in [0.15, 0.2) is 0 Å². The minimum atomic E-state index is -0.304. The molecule has 0 spiro atoms. The molecule has 1 aromatic carbocycles. The predicted molar refractivity (Wildman–Crippen MR) is 103 cm³/mol. The minimum Gasteiger partial charge on any atom is -0.332 e. The van der Waals surface area contributed by atoms with Gasteiger partial charge in [0.1, 0.15) is 12.1 Å². The summed E-state index contributed by atoms with van der Waals surface area (Å²) in [7, 11) is 1.79. The fourth-order valence-electron chi connectivity index (χ4n) is 4.12. The first-order valence-electron chi connectivity index (χ1n) is 9.81. The van der Waals surface area contributed by atoms with Crippen molar-refractivity contribution in [3.63, 3.8) is 0 Å². The standard InChI is InChI=1S/C21H31N3O2/c1-16(2)14-18-21(26)24-13-12-23(15-19(24)20(25)22(18)3)11-7-10-17-8-5-4-6-9-17/h4-6,8-9,16,18-19H,7,10-15H2,1-3H3/t18-,19+/m0/s1. The first-order chi connectivity index (χ1) is 12.5. The van der Waals surface area contributed by atoms with Gasteiger partial charge >= 0.3 is 0 Å². The zero-order valence-corrected chi connectivity index (χ0v) is 16.2. The lowest BCUT2D eigenvalue weighted by Gasteiger charge is -2.48. The molecule has 5 nitrogen and oxygen atoms in total. The third-order valence-corrected chi connectivity index (χ3v) is 5.61. The third-order valence-electron chi connectivity index (χ3n) is 5.61. The lowest BCUT2D eigenvalue weighted by Crippen LogP contribution is -2.69. The van der Waals surface area contributed by atoms with Gasteiger partial charge in [-0.1, -0.05) is 44.2 Å².